The number of ether oxygens (including phenoxy) is 3. The number of nitro benzene ring substituents is 1. The molecule has 0 fully saturated rings. The van der Waals surface area contributed by atoms with Gasteiger partial charge < -0.3 is 25.4 Å². The second-order valence-electron chi connectivity index (χ2n) is 6.64. The van der Waals surface area contributed by atoms with E-state index in [9.17, 15) is 14.9 Å². The van der Waals surface area contributed by atoms with Gasteiger partial charge in [0.15, 0.2) is 17.3 Å². The summed E-state index contributed by atoms with van der Waals surface area (Å²) in [6.45, 7) is 1.65. The molecule has 0 aliphatic heterocycles. The number of thioether (sulfide) groups is 1. The van der Waals surface area contributed by atoms with Gasteiger partial charge in [-0.1, -0.05) is 11.8 Å². The number of nitrogens with two attached hydrogens (primary N) is 1. The second kappa shape index (κ2) is 10.1. The highest BCUT2D eigenvalue weighted by Crippen LogP contribution is 2.33. The van der Waals surface area contributed by atoms with Gasteiger partial charge in [0.05, 0.1) is 37.2 Å². The van der Waals surface area contributed by atoms with E-state index in [2.05, 4.69) is 15.5 Å². The minimum atomic E-state index is -0.654. The molecule has 3 aromatic rings. The predicted octanol–water partition coefficient (Wildman–Crippen LogP) is 2.71. The number of aromatic nitrogens is 3. The molecule has 13 heteroatoms. The molecule has 12 nitrogen and oxygen atoms in total. The van der Waals surface area contributed by atoms with Crippen molar-refractivity contribution in [3.05, 3.63) is 46.5 Å². The van der Waals surface area contributed by atoms with Crippen LogP contribution in [-0.4, -0.2) is 52.3 Å². The maximum Gasteiger partial charge on any atom is 0.271 e. The standard InChI is InChI=1S/C20H22N6O6S/c1-11(19(27)22-14-10-13(26(28)29)6-8-15(14)30-2)33-20-24-23-18(25(20)21)12-5-7-16(31-3)17(9-12)32-4/h5-11H,21H2,1-4H3,(H,22,27). The van der Waals surface area contributed by atoms with Crippen molar-refractivity contribution in [1.29, 1.82) is 0 Å². The Kier molecular flexibility index (Phi) is 7.23. The maximum absolute atomic E-state index is 12.7. The number of amides is 1. The highest BCUT2D eigenvalue weighted by Gasteiger charge is 2.22. The van der Waals surface area contributed by atoms with Crippen molar-refractivity contribution in [2.75, 3.05) is 32.5 Å². The number of non-ortho nitro benzene ring substituents is 1. The normalized spacial score (nSPS) is 11.5. The van der Waals surface area contributed by atoms with Gasteiger partial charge in [-0.2, -0.15) is 0 Å². The number of hydrogen-bond donors (Lipinski definition) is 2. The number of benzene rings is 2. The summed E-state index contributed by atoms with van der Waals surface area (Å²) in [4.78, 5) is 23.2. The number of nitro groups is 1. The summed E-state index contributed by atoms with van der Waals surface area (Å²) in [5, 5.41) is 21.5. The van der Waals surface area contributed by atoms with Crippen LogP contribution in [0, 0.1) is 10.1 Å². The Hall–Kier alpha value is -4.00. The largest absolute Gasteiger partial charge is 0.495 e. The zero-order valence-electron chi connectivity index (χ0n) is 18.3. The fraction of sp³-hybridized carbons (Fsp3) is 0.250. The molecular weight excluding hydrogens is 452 g/mol. The Balaban J connectivity index is 1.77. The summed E-state index contributed by atoms with van der Waals surface area (Å²) in [6.07, 6.45) is 0. The van der Waals surface area contributed by atoms with Gasteiger partial charge in [0.25, 0.3) is 5.69 Å². The first kappa shape index (κ1) is 23.7. The van der Waals surface area contributed by atoms with Gasteiger partial charge >= 0.3 is 0 Å². The number of hydrogen-bond acceptors (Lipinski definition) is 10. The SMILES string of the molecule is COc1ccc([N+](=O)[O-])cc1NC(=O)C(C)Sc1nnc(-c2ccc(OC)c(OC)c2)n1N. The van der Waals surface area contributed by atoms with Crippen molar-refractivity contribution >= 4 is 29.0 Å². The highest BCUT2D eigenvalue weighted by molar-refractivity contribution is 8.00. The van der Waals surface area contributed by atoms with Gasteiger partial charge in [-0.15, -0.1) is 10.2 Å². The van der Waals surface area contributed by atoms with Crippen LogP contribution in [0.25, 0.3) is 11.4 Å². The molecule has 0 aliphatic rings. The van der Waals surface area contributed by atoms with Crippen LogP contribution in [0.2, 0.25) is 0 Å². The van der Waals surface area contributed by atoms with E-state index in [0.29, 0.717) is 33.8 Å². The van der Waals surface area contributed by atoms with E-state index in [-0.39, 0.29) is 11.4 Å². The lowest BCUT2D eigenvalue weighted by atomic mass is 10.2. The number of methoxy groups -OCH3 is 3. The van der Waals surface area contributed by atoms with Crippen LogP contribution in [0.3, 0.4) is 0 Å². The summed E-state index contributed by atoms with van der Waals surface area (Å²) in [6, 6.07) is 9.13. The quantitative estimate of drug-likeness (QED) is 0.204. The first-order chi connectivity index (χ1) is 15.8. The average Bonchev–Trinajstić information content (AvgIpc) is 3.18. The number of nitrogens with one attached hydrogen (secondary N) is 1. The number of rotatable bonds is 9. The minimum absolute atomic E-state index is 0.173. The molecule has 1 amide bonds. The molecule has 1 aromatic heterocycles. The smallest absolute Gasteiger partial charge is 0.271 e. The molecule has 1 heterocycles. The molecule has 33 heavy (non-hydrogen) atoms. The van der Waals surface area contributed by atoms with E-state index in [1.54, 1.807) is 25.1 Å². The Bertz CT molecular complexity index is 1180. The molecule has 1 atom stereocenters. The maximum atomic E-state index is 12.7. The lowest BCUT2D eigenvalue weighted by molar-refractivity contribution is -0.384. The molecule has 3 N–H and O–H groups in total. The topological polar surface area (TPSA) is 157 Å². The van der Waals surface area contributed by atoms with Gasteiger partial charge in [0.1, 0.15) is 5.75 Å². The van der Waals surface area contributed by atoms with E-state index in [1.165, 1.54) is 44.2 Å². The molecule has 0 spiro atoms. The number of nitrogen functional groups attached to an aromatic ring is 1. The van der Waals surface area contributed by atoms with Gasteiger partial charge in [0.2, 0.25) is 11.1 Å². The molecule has 174 valence electrons. The average molecular weight is 474 g/mol. The molecule has 0 aliphatic carbocycles. The van der Waals surface area contributed by atoms with Crippen LogP contribution in [-0.2, 0) is 4.79 Å². The molecular formula is C20H22N6O6S. The number of anilines is 1. The molecule has 0 saturated heterocycles. The van der Waals surface area contributed by atoms with Crippen LogP contribution in [0.15, 0.2) is 41.6 Å². The monoisotopic (exact) mass is 474 g/mol. The summed E-state index contributed by atoms with van der Waals surface area (Å²) in [5.41, 5.74) is 0.657. The van der Waals surface area contributed by atoms with Crippen LogP contribution >= 0.6 is 11.8 Å². The fourth-order valence-electron chi connectivity index (χ4n) is 2.88. The Morgan fingerprint density at radius 2 is 1.76 bits per heavy atom. The number of carbonyl (C=O) groups excluding carboxylic acids is 1. The summed E-state index contributed by atoms with van der Waals surface area (Å²) in [7, 11) is 4.46. The minimum Gasteiger partial charge on any atom is -0.495 e. The van der Waals surface area contributed by atoms with Crippen LogP contribution in [0.4, 0.5) is 11.4 Å². The predicted molar refractivity (Wildman–Crippen MR) is 122 cm³/mol. The molecule has 0 radical (unpaired) electrons. The number of nitrogens with zero attached hydrogens (tertiary/aromatic N) is 4. The van der Waals surface area contributed by atoms with E-state index < -0.39 is 16.1 Å². The third kappa shape index (κ3) is 5.09. The third-order valence-electron chi connectivity index (χ3n) is 4.61. The van der Waals surface area contributed by atoms with Gasteiger partial charge in [-0.3, -0.25) is 14.9 Å². The third-order valence-corrected chi connectivity index (χ3v) is 5.67. The van der Waals surface area contributed by atoms with Crippen molar-refractivity contribution < 1.29 is 23.9 Å². The van der Waals surface area contributed by atoms with Crippen molar-refractivity contribution in [1.82, 2.24) is 14.9 Å². The van der Waals surface area contributed by atoms with E-state index in [0.717, 1.165) is 11.8 Å². The van der Waals surface area contributed by atoms with Crippen LogP contribution in [0.1, 0.15) is 6.92 Å². The van der Waals surface area contributed by atoms with Gasteiger partial charge in [-0.05, 0) is 31.2 Å². The molecule has 3 rings (SSSR count). The lowest BCUT2D eigenvalue weighted by Gasteiger charge is -2.14. The first-order valence-electron chi connectivity index (χ1n) is 9.51. The van der Waals surface area contributed by atoms with Crippen molar-refractivity contribution in [3.63, 3.8) is 0 Å². The first-order valence-corrected chi connectivity index (χ1v) is 10.4. The Labute approximate surface area is 193 Å². The number of carbonyl (C=O) groups is 1. The van der Waals surface area contributed by atoms with E-state index in [1.807, 2.05) is 0 Å². The summed E-state index contributed by atoms with van der Waals surface area (Å²) >= 11 is 1.08. The van der Waals surface area contributed by atoms with Gasteiger partial charge in [-0.25, -0.2) is 4.68 Å². The van der Waals surface area contributed by atoms with Crippen molar-refractivity contribution in [3.8, 4) is 28.6 Å². The van der Waals surface area contributed by atoms with E-state index >= 15 is 0 Å². The van der Waals surface area contributed by atoms with Crippen molar-refractivity contribution in [2.45, 2.75) is 17.3 Å². The van der Waals surface area contributed by atoms with Crippen LogP contribution < -0.4 is 25.4 Å². The zero-order valence-corrected chi connectivity index (χ0v) is 19.1. The lowest BCUT2D eigenvalue weighted by Crippen LogP contribution is -2.24. The molecule has 1 unspecified atom stereocenters. The Morgan fingerprint density at radius 1 is 1.09 bits per heavy atom. The molecule has 0 saturated carbocycles. The van der Waals surface area contributed by atoms with Gasteiger partial charge in [0, 0.05) is 17.7 Å². The second-order valence-corrected chi connectivity index (χ2v) is 7.94. The van der Waals surface area contributed by atoms with Crippen LogP contribution in [0.5, 0.6) is 17.2 Å². The fourth-order valence-corrected chi connectivity index (χ4v) is 3.65. The molecule has 0 bridgehead atoms. The van der Waals surface area contributed by atoms with E-state index in [4.69, 9.17) is 20.1 Å². The molecule has 2 aromatic carbocycles. The van der Waals surface area contributed by atoms with Crippen molar-refractivity contribution in [2.24, 2.45) is 0 Å². The zero-order chi connectivity index (χ0) is 24.1. The highest BCUT2D eigenvalue weighted by atomic mass is 32.2. The summed E-state index contributed by atoms with van der Waals surface area (Å²) in [5.74, 6) is 7.47. The summed E-state index contributed by atoms with van der Waals surface area (Å²) < 4.78 is 17.0. The Morgan fingerprint density at radius 3 is 2.39 bits per heavy atom.